The van der Waals surface area contributed by atoms with Crippen LogP contribution in [0.3, 0.4) is 0 Å². The fraction of sp³-hybridized carbons (Fsp3) is 0.278. The SMILES string of the molecule is COc1ccc(C(=O)[O-])cc1S(=O)(=O)N1CCN(c2ccc(F)cc2)CC1. The van der Waals surface area contributed by atoms with Crippen molar-refractivity contribution >= 4 is 21.7 Å². The van der Waals surface area contributed by atoms with Crippen molar-refractivity contribution in [1.29, 1.82) is 0 Å². The highest BCUT2D eigenvalue weighted by molar-refractivity contribution is 7.89. The van der Waals surface area contributed by atoms with E-state index < -0.39 is 16.0 Å². The van der Waals surface area contributed by atoms with E-state index in [0.717, 1.165) is 11.8 Å². The highest BCUT2D eigenvalue weighted by atomic mass is 32.2. The highest BCUT2D eigenvalue weighted by Gasteiger charge is 2.31. The maximum absolute atomic E-state index is 13.1. The summed E-state index contributed by atoms with van der Waals surface area (Å²) in [6.45, 7) is 1.26. The smallest absolute Gasteiger partial charge is 0.246 e. The Labute approximate surface area is 156 Å². The minimum Gasteiger partial charge on any atom is -0.545 e. The first-order valence-electron chi connectivity index (χ1n) is 8.23. The van der Waals surface area contributed by atoms with E-state index in [1.165, 1.54) is 35.7 Å². The number of carboxylic acids is 1. The Hall–Kier alpha value is -2.65. The lowest BCUT2D eigenvalue weighted by molar-refractivity contribution is -0.255. The molecule has 0 amide bonds. The molecule has 0 radical (unpaired) electrons. The Morgan fingerprint density at radius 3 is 2.26 bits per heavy atom. The van der Waals surface area contributed by atoms with E-state index in [-0.39, 0.29) is 35.1 Å². The maximum Gasteiger partial charge on any atom is 0.246 e. The Bertz CT molecular complexity index is 939. The summed E-state index contributed by atoms with van der Waals surface area (Å²) in [6, 6.07) is 9.59. The number of carbonyl (C=O) groups is 1. The lowest BCUT2D eigenvalue weighted by Crippen LogP contribution is -2.48. The van der Waals surface area contributed by atoms with Crippen molar-refractivity contribution in [2.24, 2.45) is 0 Å². The van der Waals surface area contributed by atoms with Gasteiger partial charge in [0.1, 0.15) is 16.5 Å². The van der Waals surface area contributed by atoms with Gasteiger partial charge in [-0.1, -0.05) is 0 Å². The minimum atomic E-state index is -3.94. The molecule has 0 aliphatic carbocycles. The average molecular weight is 393 g/mol. The van der Waals surface area contributed by atoms with Crippen LogP contribution in [-0.4, -0.2) is 52.0 Å². The number of sulfonamides is 1. The fourth-order valence-electron chi connectivity index (χ4n) is 2.98. The fourth-order valence-corrected chi connectivity index (χ4v) is 4.59. The number of methoxy groups -OCH3 is 1. The number of rotatable bonds is 5. The Kier molecular flexibility index (Phi) is 5.33. The lowest BCUT2D eigenvalue weighted by atomic mass is 10.2. The van der Waals surface area contributed by atoms with Crippen LogP contribution in [0.1, 0.15) is 10.4 Å². The van der Waals surface area contributed by atoms with E-state index >= 15 is 0 Å². The van der Waals surface area contributed by atoms with Crippen LogP contribution in [0.2, 0.25) is 0 Å². The molecular weight excluding hydrogens is 375 g/mol. The van der Waals surface area contributed by atoms with Gasteiger partial charge in [-0.3, -0.25) is 0 Å². The summed E-state index contributed by atoms with van der Waals surface area (Å²) in [5, 5.41) is 11.1. The predicted octanol–water partition coefficient (Wildman–Crippen LogP) is 0.709. The second-order valence-electron chi connectivity index (χ2n) is 6.02. The molecule has 0 spiro atoms. The van der Waals surface area contributed by atoms with Crippen molar-refractivity contribution in [2.45, 2.75) is 4.90 Å². The van der Waals surface area contributed by atoms with Gasteiger partial charge in [0.15, 0.2) is 0 Å². The van der Waals surface area contributed by atoms with Crippen LogP contribution in [0.15, 0.2) is 47.4 Å². The van der Waals surface area contributed by atoms with Crippen molar-refractivity contribution in [3.63, 3.8) is 0 Å². The summed E-state index contributed by atoms with van der Waals surface area (Å²) in [4.78, 5) is 12.8. The minimum absolute atomic E-state index is 0.0703. The number of anilines is 1. The van der Waals surface area contributed by atoms with Gasteiger partial charge in [0.25, 0.3) is 0 Å². The average Bonchev–Trinajstić information content (AvgIpc) is 2.68. The zero-order chi connectivity index (χ0) is 19.6. The Morgan fingerprint density at radius 1 is 1.07 bits per heavy atom. The molecule has 0 N–H and O–H groups in total. The normalized spacial score (nSPS) is 15.6. The summed E-state index contributed by atoms with van der Waals surface area (Å²) >= 11 is 0. The number of hydrogen-bond acceptors (Lipinski definition) is 6. The quantitative estimate of drug-likeness (QED) is 0.743. The van der Waals surface area contributed by atoms with Crippen molar-refractivity contribution in [1.82, 2.24) is 4.31 Å². The molecule has 0 unspecified atom stereocenters. The molecule has 7 nitrogen and oxygen atoms in total. The topological polar surface area (TPSA) is 90.0 Å². The second-order valence-corrected chi connectivity index (χ2v) is 7.93. The van der Waals surface area contributed by atoms with Crippen LogP contribution in [0, 0.1) is 5.82 Å². The number of hydrogen-bond donors (Lipinski definition) is 0. The van der Waals surface area contributed by atoms with Crippen LogP contribution < -0.4 is 14.7 Å². The van der Waals surface area contributed by atoms with E-state index in [0.29, 0.717) is 13.1 Å². The number of carbonyl (C=O) groups excluding carboxylic acids is 1. The molecule has 1 aliphatic rings. The van der Waals surface area contributed by atoms with Gasteiger partial charge < -0.3 is 19.5 Å². The molecule has 27 heavy (non-hydrogen) atoms. The molecular formula is C18H18FN2O5S-. The summed E-state index contributed by atoms with van der Waals surface area (Å²) in [7, 11) is -2.62. The van der Waals surface area contributed by atoms with Crippen LogP contribution in [0.25, 0.3) is 0 Å². The standard InChI is InChI=1S/C18H19FN2O5S/c1-26-16-7-2-13(18(22)23)12-17(16)27(24,25)21-10-8-20(9-11-21)15-5-3-14(19)4-6-15/h2-7,12H,8-11H2,1H3,(H,22,23)/p-1. The lowest BCUT2D eigenvalue weighted by Gasteiger charge is -2.35. The number of aromatic carboxylic acids is 1. The molecule has 1 fully saturated rings. The summed E-state index contributed by atoms with van der Waals surface area (Å²) < 4.78 is 45.4. The first-order chi connectivity index (χ1) is 12.8. The first-order valence-corrected chi connectivity index (χ1v) is 9.67. The maximum atomic E-state index is 13.1. The number of nitrogens with zero attached hydrogens (tertiary/aromatic N) is 2. The van der Waals surface area contributed by atoms with E-state index in [2.05, 4.69) is 0 Å². The van der Waals surface area contributed by atoms with Gasteiger partial charge in [-0.05, 0) is 48.0 Å². The molecule has 0 saturated carbocycles. The van der Waals surface area contributed by atoms with Crippen molar-refractivity contribution < 1.29 is 27.4 Å². The molecule has 9 heteroatoms. The molecule has 1 heterocycles. The summed E-state index contributed by atoms with van der Waals surface area (Å²) in [6.07, 6.45) is 0. The number of carboxylic acid groups (broad SMARTS) is 1. The van der Waals surface area contributed by atoms with Crippen LogP contribution in [0.5, 0.6) is 5.75 Å². The van der Waals surface area contributed by atoms with Gasteiger partial charge in [-0.25, -0.2) is 12.8 Å². The van der Waals surface area contributed by atoms with E-state index in [9.17, 15) is 22.7 Å². The monoisotopic (exact) mass is 393 g/mol. The summed E-state index contributed by atoms with van der Waals surface area (Å²) in [5.74, 6) is -1.73. The van der Waals surface area contributed by atoms with E-state index in [1.54, 1.807) is 12.1 Å². The largest absolute Gasteiger partial charge is 0.545 e. The first kappa shape index (κ1) is 19.1. The van der Waals surface area contributed by atoms with Crippen molar-refractivity contribution in [3.05, 3.63) is 53.8 Å². The number of benzene rings is 2. The van der Waals surface area contributed by atoms with Gasteiger partial charge in [-0.2, -0.15) is 4.31 Å². The second kappa shape index (κ2) is 7.53. The molecule has 0 aromatic heterocycles. The highest BCUT2D eigenvalue weighted by Crippen LogP contribution is 2.29. The van der Waals surface area contributed by atoms with Crippen molar-refractivity contribution in [3.8, 4) is 5.75 Å². The summed E-state index contributed by atoms with van der Waals surface area (Å²) in [5.41, 5.74) is 0.573. The van der Waals surface area contributed by atoms with Crippen LogP contribution in [-0.2, 0) is 10.0 Å². The molecule has 2 aromatic carbocycles. The molecule has 0 bridgehead atoms. The van der Waals surface area contributed by atoms with Gasteiger partial charge >= 0.3 is 0 Å². The van der Waals surface area contributed by atoms with Crippen molar-refractivity contribution in [2.75, 3.05) is 38.2 Å². The molecule has 1 saturated heterocycles. The molecule has 3 rings (SSSR count). The zero-order valence-electron chi connectivity index (χ0n) is 14.6. The molecule has 144 valence electrons. The van der Waals surface area contributed by atoms with Gasteiger partial charge in [0.2, 0.25) is 10.0 Å². The molecule has 2 aromatic rings. The van der Waals surface area contributed by atoms with Gasteiger partial charge in [-0.15, -0.1) is 0 Å². The van der Waals surface area contributed by atoms with Gasteiger partial charge in [0, 0.05) is 31.9 Å². The molecule has 0 atom stereocenters. The predicted molar refractivity (Wildman–Crippen MR) is 94.7 cm³/mol. The third-order valence-corrected chi connectivity index (χ3v) is 6.37. The Morgan fingerprint density at radius 2 is 1.70 bits per heavy atom. The van der Waals surface area contributed by atoms with Gasteiger partial charge in [0.05, 0.1) is 13.1 Å². The number of ether oxygens (including phenoxy) is 1. The molecule has 1 aliphatic heterocycles. The van der Waals surface area contributed by atoms with Crippen LogP contribution in [0.4, 0.5) is 10.1 Å². The third-order valence-electron chi connectivity index (χ3n) is 4.45. The van der Waals surface area contributed by atoms with E-state index in [1.807, 2.05) is 4.90 Å². The van der Waals surface area contributed by atoms with E-state index in [4.69, 9.17) is 4.74 Å². The zero-order valence-corrected chi connectivity index (χ0v) is 15.4. The van der Waals surface area contributed by atoms with Crippen LogP contribution >= 0.6 is 0 Å². The Balaban J connectivity index is 1.82. The third kappa shape index (κ3) is 3.88. The number of halogens is 1. The number of piperazine rings is 1.